The molecule has 3 N–H and O–H groups in total. The Morgan fingerprint density at radius 1 is 1.31 bits per heavy atom. The van der Waals surface area contributed by atoms with Gasteiger partial charge in [-0.15, -0.1) is 0 Å². The predicted octanol–water partition coefficient (Wildman–Crippen LogP) is 3.53. The maximum absolute atomic E-state index is 14.1. The molecular formula is C26H35FN6O2. The molecule has 9 heteroatoms. The molecule has 4 rings (SSSR count). The summed E-state index contributed by atoms with van der Waals surface area (Å²) in [6, 6.07) is 4.69. The van der Waals surface area contributed by atoms with Crippen LogP contribution >= 0.6 is 0 Å². The van der Waals surface area contributed by atoms with Gasteiger partial charge in [0, 0.05) is 24.7 Å². The van der Waals surface area contributed by atoms with Crippen LogP contribution in [0.15, 0.2) is 29.5 Å². The van der Waals surface area contributed by atoms with Gasteiger partial charge in [0.15, 0.2) is 5.82 Å². The zero-order valence-corrected chi connectivity index (χ0v) is 20.9. The highest BCUT2D eigenvalue weighted by Crippen LogP contribution is 2.46. The van der Waals surface area contributed by atoms with Crippen molar-refractivity contribution in [2.24, 2.45) is 10.9 Å². The Balaban J connectivity index is 1.61. The van der Waals surface area contributed by atoms with Crippen molar-refractivity contribution in [3.05, 3.63) is 41.6 Å². The van der Waals surface area contributed by atoms with E-state index in [2.05, 4.69) is 25.6 Å². The maximum atomic E-state index is 14.1. The van der Waals surface area contributed by atoms with Crippen LogP contribution in [0.4, 0.5) is 21.6 Å². The Bertz CT molecular complexity index is 1110. The van der Waals surface area contributed by atoms with Gasteiger partial charge in [0.1, 0.15) is 23.5 Å². The van der Waals surface area contributed by atoms with Gasteiger partial charge in [0.05, 0.1) is 11.3 Å². The normalized spacial score (nSPS) is 19.1. The Morgan fingerprint density at radius 3 is 2.77 bits per heavy atom. The molecule has 2 aromatic rings. The number of halogens is 1. The minimum atomic E-state index is -0.907. The average Bonchev–Trinajstić information content (AvgIpc) is 3.15. The van der Waals surface area contributed by atoms with Gasteiger partial charge in [-0.1, -0.05) is 0 Å². The fourth-order valence-electron chi connectivity index (χ4n) is 4.95. The highest BCUT2D eigenvalue weighted by Gasteiger charge is 2.35. The minimum absolute atomic E-state index is 0.0813. The summed E-state index contributed by atoms with van der Waals surface area (Å²) in [6.45, 7) is 10.1. The SMILES string of the molecule is CC(=Nc1c(C)ncnc1N1CC(CC(C)(C)O)c2cc(F)ccc21)C(=O)NCC1CCNCC1. The molecule has 1 aromatic carbocycles. The molecule has 1 aromatic heterocycles. The second-order valence-corrected chi connectivity index (χ2v) is 10.3. The number of aromatic nitrogens is 2. The van der Waals surface area contributed by atoms with E-state index >= 15 is 0 Å². The zero-order chi connectivity index (χ0) is 25.2. The third kappa shape index (κ3) is 6.02. The summed E-state index contributed by atoms with van der Waals surface area (Å²) in [5.41, 5.74) is 2.24. The molecule has 0 aliphatic carbocycles. The fourth-order valence-corrected chi connectivity index (χ4v) is 4.95. The van der Waals surface area contributed by atoms with Crippen LogP contribution in [0.2, 0.25) is 0 Å². The lowest BCUT2D eigenvalue weighted by atomic mass is 9.89. The van der Waals surface area contributed by atoms with E-state index in [-0.39, 0.29) is 17.6 Å². The Hall–Kier alpha value is -2.91. The van der Waals surface area contributed by atoms with Crippen LogP contribution in [0.1, 0.15) is 57.2 Å². The standard InChI is InChI=1S/C26H35FN6O2/c1-16-23(32-17(2)25(34)29-13-18-7-9-28-10-8-18)24(31-15-30-16)33-14-19(12-26(3,4)35)21-11-20(27)5-6-22(21)33/h5-6,11,15,18-19,28,35H,7-10,12-14H2,1-4H3,(H,29,34). The summed E-state index contributed by atoms with van der Waals surface area (Å²) < 4.78 is 14.1. The molecule has 1 unspecified atom stereocenters. The van der Waals surface area contributed by atoms with E-state index < -0.39 is 5.60 Å². The number of fused-ring (bicyclic) bond motifs is 1. The molecule has 1 saturated heterocycles. The lowest BCUT2D eigenvalue weighted by Crippen LogP contribution is -2.38. The van der Waals surface area contributed by atoms with Crippen LogP contribution in [-0.4, -0.2) is 58.5 Å². The van der Waals surface area contributed by atoms with E-state index in [4.69, 9.17) is 0 Å². The number of carbonyl (C=O) groups excluding carboxylic acids is 1. The predicted molar refractivity (Wildman–Crippen MR) is 135 cm³/mol. The fraction of sp³-hybridized carbons (Fsp3) is 0.538. The Labute approximate surface area is 206 Å². The quantitative estimate of drug-likeness (QED) is 0.522. The van der Waals surface area contributed by atoms with Crippen LogP contribution in [0.5, 0.6) is 0 Å². The summed E-state index contributed by atoms with van der Waals surface area (Å²) in [5.74, 6) is 0.433. The topological polar surface area (TPSA) is 103 Å². The van der Waals surface area contributed by atoms with Crippen LogP contribution in [-0.2, 0) is 4.79 Å². The first-order valence-electron chi connectivity index (χ1n) is 12.3. The number of carbonyl (C=O) groups is 1. The number of piperidine rings is 1. The van der Waals surface area contributed by atoms with E-state index in [9.17, 15) is 14.3 Å². The minimum Gasteiger partial charge on any atom is -0.390 e. The summed E-state index contributed by atoms with van der Waals surface area (Å²) >= 11 is 0. The van der Waals surface area contributed by atoms with Crippen molar-refractivity contribution in [3.63, 3.8) is 0 Å². The van der Waals surface area contributed by atoms with Crippen molar-refractivity contribution in [1.29, 1.82) is 0 Å². The highest BCUT2D eigenvalue weighted by molar-refractivity contribution is 6.38. The number of hydrogen-bond donors (Lipinski definition) is 3. The molecule has 1 atom stereocenters. The van der Waals surface area contributed by atoms with Crippen molar-refractivity contribution >= 4 is 28.8 Å². The smallest absolute Gasteiger partial charge is 0.265 e. The number of anilines is 2. The van der Waals surface area contributed by atoms with E-state index in [0.29, 0.717) is 48.3 Å². The summed E-state index contributed by atoms with van der Waals surface area (Å²) in [6.07, 6.45) is 4.05. The van der Waals surface area contributed by atoms with Gasteiger partial charge in [0.25, 0.3) is 5.91 Å². The number of rotatable bonds is 7. The summed E-state index contributed by atoms with van der Waals surface area (Å²) in [5, 5.41) is 16.8. The van der Waals surface area contributed by atoms with Gasteiger partial charge in [0.2, 0.25) is 0 Å². The third-order valence-electron chi connectivity index (χ3n) is 6.73. The van der Waals surface area contributed by atoms with Crippen molar-refractivity contribution in [3.8, 4) is 0 Å². The zero-order valence-electron chi connectivity index (χ0n) is 20.9. The van der Waals surface area contributed by atoms with E-state index in [1.807, 2.05) is 11.8 Å². The molecule has 0 saturated carbocycles. The Kier molecular flexibility index (Phi) is 7.47. The molecule has 2 aliphatic rings. The first-order chi connectivity index (χ1) is 16.6. The number of benzene rings is 1. The van der Waals surface area contributed by atoms with Crippen LogP contribution in [0, 0.1) is 18.7 Å². The Morgan fingerprint density at radius 2 is 2.06 bits per heavy atom. The second kappa shape index (κ2) is 10.4. The number of aliphatic hydroxyl groups is 1. The molecule has 0 spiro atoms. The largest absolute Gasteiger partial charge is 0.390 e. The number of hydrogen-bond acceptors (Lipinski definition) is 7. The van der Waals surface area contributed by atoms with E-state index in [1.165, 1.54) is 18.5 Å². The number of nitrogens with zero attached hydrogens (tertiary/aromatic N) is 4. The first kappa shape index (κ1) is 25.2. The number of amides is 1. The lowest BCUT2D eigenvalue weighted by molar-refractivity contribution is -0.115. The van der Waals surface area contributed by atoms with Gasteiger partial charge in [-0.3, -0.25) is 4.79 Å². The monoisotopic (exact) mass is 482 g/mol. The third-order valence-corrected chi connectivity index (χ3v) is 6.73. The molecule has 188 valence electrons. The molecular weight excluding hydrogens is 447 g/mol. The van der Waals surface area contributed by atoms with Crippen LogP contribution < -0.4 is 15.5 Å². The van der Waals surface area contributed by atoms with Crippen molar-refractivity contribution < 1.29 is 14.3 Å². The summed E-state index contributed by atoms with van der Waals surface area (Å²) in [7, 11) is 0. The van der Waals surface area contributed by atoms with E-state index in [1.54, 1.807) is 26.8 Å². The lowest BCUT2D eigenvalue weighted by Gasteiger charge is -2.24. The molecule has 35 heavy (non-hydrogen) atoms. The molecule has 0 bridgehead atoms. The van der Waals surface area contributed by atoms with Gasteiger partial charge in [-0.05, 0) is 89.7 Å². The van der Waals surface area contributed by atoms with E-state index in [0.717, 1.165) is 37.2 Å². The maximum Gasteiger partial charge on any atom is 0.265 e. The molecule has 0 radical (unpaired) electrons. The van der Waals surface area contributed by atoms with Gasteiger partial charge < -0.3 is 20.6 Å². The number of aliphatic imine (C=N–C) groups is 1. The van der Waals surface area contributed by atoms with Crippen molar-refractivity contribution in [1.82, 2.24) is 20.6 Å². The second-order valence-electron chi connectivity index (χ2n) is 10.3. The number of aryl methyl sites for hydroxylation is 1. The van der Waals surface area contributed by atoms with Crippen molar-refractivity contribution in [2.45, 2.75) is 58.5 Å². The molecule has 2 aliphatic heterocycles. The van der Waals surface area contributed by atoms with Gasteiger partial charge >= 0.3 is 0 Å². The average molecular weight is 483 g/mol. The van der Waals surface area contributed by atoms with Crippen molar-refractivity contribution in [2.75, 3.05) is 31.1 Å². The van der Waals surface area contributed by atoms with Gasteiger partial charge in [-0.2, -0.15) is 0 Å². The molecule has 3 heterocycles. The first-order valence-corrected chi connectivity index (χ1v) is 12.3. The highest BCUT2D eigenvalue weighted by atomic mass is 19.1. The van der Waals surface area contributed by atoms with Crippen LogP contribution in [0.3, 0.4) is 0 Å². The van der Waals surface area contributed by atoms with Crippen LogP contribution in [0.25, 0.3) is 0 Å². The van der Waals surface area contributed by atoms with Gasteiger partial charge in [-0.25, -0.2) is 19.4 Å². The summed E-state index contributed by atoms with van der Waals surface area (Å²) in [4.78, 5) is 28.3. The molecule has 1 amide bonds. The molecule has 1 fully saturated rings. The number of nitrogens with one attached hydrogen (secondary N) is 2. The molecule has 8 nitrogen and oxygen atoms in total.